The van der Waals surface area contributed by atoms with Crippen LogP contribution in [0.1, 0.15) is 49.1 Å². The summed E-state index contributed by atoms with van der Waals surface area (Å²) in [5.41, 5.74) is 4.50. The van der Waals surface area contributed by atoms with Crippen molar-refractivity contribution in [3.05, 3.63) is 53.6 Å². The topological polar surface area (TPSA) is 94.8 Å². The summed E-state index contributed by atoms with van der Waals surface area (Å²) in [5.74, 6) is -0.359. The van der Waals surface area contributed by atoms with Crippen LogP contribution >= 0.6 is 0 Å². The van der Waals surface area contributed by atoms with Crippen LogP contribution in [0.25, 0.3) is 0 Å². The van der Waals surface area contributed by atoms with E-state index in [-0.39, 0.29) is 12.3 Å². The van der Waals surface area contributed by atoms with Gasteiger partial charge in [-0.1, -0.05) is 6.07 Å². The van der Waals surface area contributed by atoms with Crippen molar-refractivity contribution in [2.45, 2.75) is 44.1 Å². The highest BCUT2D eigenvalue weighted by Gasteiger charge is 2.31. The van der Waals surface area contributed by atoms with Crippen molar-refractivity contribution in [1.29, 1.82) is 5.26 Å². The van der Waals surface area contributed by atoms with Gasteiger partial charge < -0.3 is 24.8 Å². The highest BCUT2D eigenvalue weighted by molar-refractivity contribution is 5.77. The average Bonchev–Trinajstić information content (AvgIpc) is 3.68. The molecule has 7 heteroatoms. The first-order chi connectivity index (χ1) is 16.6. The molecule has 2 fully saturated rings. The molecule has 1 saturated carbocycles. The lowest BCUT2D eigenvalue weighted by Gasteiger charge is -2.38. The molecule has 1 aliphatic carbocycles. The van der Waals surface area contributed by atoms with Crippen LogP contribution in [0.5, 0.6) is 0 Å². The Morgan fingerprint density at radius 2 is 1.94 bits per heavy atom. The lowest BCUT2D eigenvalue weighted by molar-refractivity contribution is -0.137. The zero-order valence-corrected chi connectivity index (χ0v) is 19.7. The summed E-state index contributed by atoms with van der Waals surface area (Å²) >= 11 is 0. The fraction of sp³-hybridized carbons (Fsp3) is 0.481. The second kappa shape index (κ2) is 11.4. The van der Waals surface area contributed by atoms with Crippen molar-refractivity contribution >= 4 is 23.0 Å². The van der Waals surface area contributed by atoms with Gasteiger partial charge in [0.1, 0.15) is 0 Å². The van der Waals surface area contributed by atoms with E-state index >= 15 is 0 Å². The number of benzene rings is 2. The molecular formula is C27H33N3O4. The summed E-state index contributed by atoms with van der Waals surface area (Å²) in [4.78, 5) is 14.0. The number of rotatable bonds is 11. The Hall–Kier alpha value is -3.08. The molecular weight excluding hydrogens is 430 g/mol. The first-order valence-electron chi connectivity index (χ1n) is 12.0. The van der Waals surface area contributed by atoms with Gasteiger partial charge in [0.2, 0.25) is 0 Å². The molecule has 34 heavy (non-hydrogen) atoms. The molecule has 0 aromatic heterocycles. The molecule has 2 aliphatic rings. The minimum atomic E-state index is -0.842. The van der Waals surface area contributed by atoms with Gasteiger partial charge in [0.05, 0.1) is 36.0 Å². The first kappa shape index (κ1) is 24.1. The van der Waals surface area contributed by atoms with Crippen LogP contribution in [0.3, 0.4) is 0 Å². The molecule has 2 aromatic carbocycles. The molecule has 0 radical (unpaired) electrons. The number of carboxylic acids is 1. The van der Waals surface area contributed by atoms with Crippen LogP contribution in [0.2, 0.25) is 0 Å². The number of hydrogen-bond acceptors (Lipinski definition) is 6. The van der Waals surface area contributed by atoms with Gasteiger partial charge in [-0.25, -0.2) is 0 Å². The van der Waals surface area contributed by atoms with Crippen molar-refractivity contribution in [2.75, 3.05) is 43.7 Å². The molecule has 0 spiro atoms. The molecule has 0 amide bonds. The van der Waals surface area contributed by atoms with Crippen LogP contribution in [-0.2, 0) is 14.3 Å². The number of ether oxygens (including phenoxy) is 2. The third-order valence-electron chi connectivity index (χ3n) is 6.67. The number of methoxy groups -OCH3 is 1. The highest BCUT2D eigenvalue weighted by Crippen LogP contribution is 2.39. The predicted octanol–water partition coefficient (Wildman–Crippen LogP) is 4.90. The molecule has 1 heterocycles. The molecule has 1 saturated heterocycles. The van der Waals surface area contributed by atoms with E-state index in [1.165, 1.54) is 12.8 Å². The fourth-order valence-corrected chi connectivity index (χ4v) is 4.65. The molecule has 180 valence electrons. The summed E-state index contributed by atoms with van der Waals surface area (Å²) in [5, 5.41) is 22.1. The van der Waals surface area contributed by atoms with Gasteiger partial charge in [-0.3, -0.25) is 4.79 Å². The number of carbonyl (C=O) groups is 1. The van der Waals surface area contributed by atoms with Crippen molar-refractivity contribution in [1.82, 2.24) is 0 Å². The Morgan fingerprint density at radius 3 is 2.56 bits per heavy atom. The molecule has 4 rings (SSSR count). The largest absolute Gasteiger partial charge is 0.481 e. The van der Waals surface area contributed by atoms with Crippen molar-refractivity contribution in [3.8, 4) is 6.07 Å². The molecule has 1 atom stereocenters. The van der Waals surface area contributed by atoms with E-state index < -0.39 is 5.97 Å². The maximum atomic E-state index is 11.5. The number of carboxylic acid groups (broad SMARTS) is 1. The maximum Gasteiger partial charge on any atom is 0.304 e. The van der Waals surface area contributed by atoms with E-state index in [2.05, 4.69) is 28.4 Å². The SMILES string of the molecule is COCC(CC(=O)O)c1ccc(N(CC2CC2)C2CCOCC2)c(Nc2ccc(C#N)cc2)c1. The van der Waals surface area contributed by atoms with Gasteiger partial charge >= 0.3 is 5.97 Å². The van der Waals surface area contributed by atoms with E-state index in [4.69, 9.17) is 14.7 Å². The fourth-order valence-electron chi connectivity index (χ4n) is 4.65. The second-order valence-corrected chi connectivity index (χ2v) is 9.28. The third-order valence-corrected chi connectivity index (χ3v) is 6.67. The van der Waals surface area contributed by atoms with E-state index in [9.17, 15) is 9.90 Å². The standard InChI is InChI=1S/C27H33N3O4/c1-33-18-22(15-27(31)32)21-6-9-26(25(14-21)29-23-7-4-19(16-28)5-8-23)30(17-20-2-3-20)24-10-12-34-13-11-24/h4-9,14,20,22,24,29H,2-3,10-13,15,17-18H2,1H3,(H,31,32). The van der Waals surface area contributed by atoms with E-state index in [0.29, 0.717) is 18.2 Å². The summed E-state index contributed by atoms with van der Waals surface area (Å²) in [6.07, 6.45) is 4.54. The minimum absolute atomic E-state index is 0.00917. The molecule has 7 nitrogen and oxygen atoms in total. The van der Waals surface area contributed by atoms with Gasteiger partial charge in [0, 0.05) is 44.5 Å². The maximum absolute atomic E-state index is 11.5. The van der Waals surface area contributed by atoms with Crippen LogP contribution in [0.15, 0.2) is 42.5 Å². The monoisotopic (exact) mass is 463 g/mol. The Bertz CT molecular complexity index is 1010. The van der Waals surface area contributed by atoms with Gasteiger partial charge in [-0.15, -0.1) is 0 Å². The predicted molar refractivity (Wildman–Crippen MR) is 132 cm³/mol. The summed E-state index contributed by atoms with van der Waals surface area (Å²) < 4.78 is 11.0. The lowest BCUT2D eigenvalue weighted by Crippen LogP contribution is -2.41. The van der Waals surface area contributed by atoms with Gasteiger partial charge in [0.25, 0.3) is 0 Å². The number of nitriles is 1. The second-order valence-electron chi connectivity index (χ2n) is 9.28. The Balaban J connectivity index is 1.71. The molecule has 2 aromatic rings. The van der Waals surface area contributed by atoms with Crippen LogP contribution in [0.4, 0.5) is 17.1 Å². The number of hydrogen-bond donors (Lipinski definition) is 2. The number of nitrogens with one attached hydrogen (secondary N) is 1. The summed E-state index contributed by atoms with van der Waals surface area (Å²) in [7, 11) is 1.60. The van der Waals surface area contributed by atoms with Crippen LogP contribution < -0.4 is 10.2 Å². The molecule has 1 unspecified atom stereocenters. The average molecular weight is 464 g/mol. The molecule has 1 aliphatic heterocycles. The third kappa shape index (κ3) is 6.28. The van der Waals surface area contributed by atoms with E-state index in [0.717, 1.165) is 61.1 Å². The smallest absolute Gasteiger partial charge is 0.304 e. The van der Waals surface area contributed by atoms with E-state index in [1.54, 1.807) is 19.2 Å². The van der Waals surface area contributed by atoms with Crippen LogP contribution in [-0.4, -0.2) is 50.6 Å². The summed E-state index contributed by atoms with van der Waals surface area (Å²) in [6, 6.07) is 16.2. The van der Waals surface area contributed by atoms with E-state index in [1.807, 2.05) is 18.2 Å². The van der Waals surface area contributed by atoms with Crippen molar-refractivity contribution < 1.29 is 19.4 Å². The summed E-state index contributed by atoms with van der Waals surface area (Å²) in [6.45, 7) is 2.91. The normalized spacial score (nSPS) is 17.1. The number of anilines is 3. The van der Waals surface area contributed by atoms with Gasteiger partial charge in [0.15, 0.2) is 0 Å². The van der Waals surface area contributed by atoms with Crippen LogP contribution in [0, 0.1) is 17.2 Å². The number of aliphatic carboxylic acids is 1. The van der Waals surface area contributed by atoms with Crippen molar-refractivity contribution in [3.63, 3.8) is 0 Å². The first-order valence-corrected chi connectivity index (χ1v) is 12.0. The molecule has 0 bridgehead atoms. The Labute approximate surface area is 201 Å². The zero-order valence-electron chi connectivity index (χ0n) is 19.7. The van der Waals surface area contributed by atoms with Gasteiger partial charge in [-0.2, -0.15) is 5.26 Å². The molecule has 2 N–H and O–H groups in total. The lowest BCUT2D eigenvalue weighted by atomic mass is 9.94. The quantitative estimate of drug-likeness (QED) is 0.489. The van der Waals surface area contributed by atoms with Gasteiger partial charge in [-0.05, 0) is 73.6 Å². The Kier molecular flexibility index (Phi) is 8.04. The number of nitrogens with zero attached hydrogens (tertiary/aromatic N) is 2. The Morgan fingerprint density at radius 1 is 1.21 bits per heavy atom. The minimum Gasteiger partial charge on any atom is -0.481 e. The van der Waals surface area contributed by atoms with Crippen molar-refractivity contribution in [2.24, 2.45) is 5.92 Å². The highest BCUT2D eigenvalue weighted by atomic mass is 16.5. The zero-order chi connectivity index (χ0) is 23.9.